The fourth-order valence-electron chi connectivity index (χ4n) is 2.40. The molecule has 1 heterocycles. The summed E-state index contributed by atoms with van der Waals surface area (Å²) in [5, 5.41) is 10.8. The Morgan fingerprint density at radius 3 is 2.59 bits per heavy atom. The van der Waals surface area contributed by atoms with E-state index in [4.69, 9.17) is 9.47 Å². The number of carbonyl (C=O) groups excluding carboxylic acids is 2. The van der Waals surface area contributed by atoms with E-state index in [-0.39, 0.29) is 35.3 Å². The molecule has 1 aromatic rings. The van der Waals surface area contributed by atoms with Crippen LogP contribution in [0.15, 0.2) is 45.5 Å². The lowest BCUT2D eigenvalue weighted by molar-refractivity contribution is -0.138. The zero-order chi connectivity index (χ0) is 19.8. The quantitative estimate of drug-likeness (QED) is 0.701. The lowest BCUT2D eigenvalue weighted by Gasteiger charge is -2.07. The largest absolute Gasteiger partial charge is 0.506 e. The Morgan fingerprint density at radius 1 is 1.19 bits per heavy atom. The molecule has 0 aromatic heterocycles. The van der Waals surface area contributed by atoms with Crippen LogP contribution >= 0.6 is 11.8 Å². The van der Waals surface area contributed by atoms with Gasteiger partial charge < -0.3 is 14.6 Å². The summed E-state index contributed by atoms with van der Waals surface area (Å²) in [6.07, 6.45) is 2.62. The molecule has 0 atom stereocenters. The Morgan fingerprint density at radius 2 is 1.93 bits per heavy atom. The smallest absolute Gasteiger partial charge is 0.344 e. The molecular weight excluding hydrogens is 366 g/mol. The number of amides is 1. The minimum Gasteiger partial charge on any atom is -0.506 e. The topological polar surface area (TPSA) is 85.2 Å². The van der Waals surface area contributed by atoms with Crippen molar-refractivity contribution in [2.75, 3.05) is 13.2 Å². The minimum atomic E-state index is -0.702. The Kier molecular flexibility index (Phi) is 7.67. The van der Waals surface area contributed by atoms with Gasteiger partial charge in [-0.15, -0.1) is 0 Å². The normalized spacial score (nSPS) is 16.9. The van der Waals surface area contributed by atoms with Crippen molar-refractivity contribution in [2.24, 2.45) is 4.99 Å². The van der Waals surface area contributed by atoms with Gasteiger partial charge >= 0.3 is 5.97 Å². The number of aliphatic hydroxyl groups is 1. The third-order valence-corrected chi connectivity index (χ3v) is 4.59. The lowest BCUT2D eigenvalue weighted by Crippen LogP contribution is -2.14. The van der Waals surface area contributed by atoms with Gasteiger partial charge in [0, 0.05) is 12.0 Å². The number of carbonyl (C=O) groups is 2. The zero-order valence-electron chi connectivity index (χ0n) is 15.7. The second kappa shape index (κ2) is 9.97. The van der Waals surface area contributed by atoms with E-state index < -0.39 is 5.97 Å². The summed E-state index contributed by atoms with van der Waals surface area (Å²) in [5.41, 5.74) is 0.671. The second-order valence-electron chi connectivity index (χ2n) is 5.59. The van der Waals surface area contributed by atoms with E-state index in [1.54, 1.807) is 13.0 Å². The molecule has 0 spiro atoms. The van der Waals surface area contributed by atoms with E-state index >= 15 is 0 Å². The molecule has 27 heavy (non-hydrogen) atoms. The van der Waals surface area contributed by atoms with E-state index in [9.17, 15) is 14.7 Å². The second-order valence-corrected chi connectivity index (χ2v) is 6.62. The highest BCUT2D eigenvalue weighted by molar-refractivity contribution is 8.18. The summed E-state index contributed by atoms with van der Waals surface area (Å²) in [6, 6.07) is 7.36. The highest BCUT2D eigenvalue weighted by atomic mass is 32.2. The number of rotatable bonds is 7. The summed E-state index contributed by atoms with van der Waals surface area (Å²) in [5.74, 6) is -0.628. The first-order chi connectivity index (χ1) is 13.0. The molecule has 144 valence electrons. The van der Waals surface area contributed by atoms with E-state index in [0.29, 0.717) is 23.7 Å². The van der Waals surface area contributed by atoms with Crippen molar-refractivity contribution < 1.29 is 24.2 Å². The number of hydrogen-bond acceptors (Lipinski definition) is 6. The van der Waals surface area contributed by atoms with Crippen LogP contribution in [0, 0.1) is 0 Å². The predicted octanol–water partition coefficient (Wildman–Crippen LogP) is 4.27. The van der Waals surface area contributed by atoms with E-state index in [1.807, 2.05) is 38.1 Å². The third kappa shape index (κ3) is 5.23. The predicted molar refractivity (Wildman–Crippen MR) is 107 cm³/mol. The molecule has 1 aliphatic heterocycles. The van der Waals surface area contributed by atoms with Gasteiger partial charge in [-0.2, -0.15) is 0 Å². The SMILES string of the molecule is CCCC(=O)N=C1S/C(=C\c2ccccc2OCC)C(O)=C1C(=O)OCC. The number of aliphatic hydroxyl groups excluding tert-OH is 1. The minimum absolute atomic E-state index is 0.0774. The Balaban J connectivity index is 2.47. The molecule has 2 rings (SSSR count). The molecular formula is C20H23NO5S. The average molecular weight is 389 g/mol. The van der Waals surface area contributed by atoms with Crippen LogP contribution < -0.4 is 4.74 Å². The van der Waals surface area contributed by atoms with Crippen molar-refractivity contribution in [1.29, 1.82) is 0 Å². The molecule has 1 N–H and O–H groups in total. The summed E-state index contributed by atoms with van der Waals surface area (Å²) < 4.78 is 10.6. The number of aliphatic imine (C=N–C) groups is 1. The van der Waals surface area contributed by atoms with Crippen molar-refractivity contribution in [3.8, 4) is 5.75 Å². The number of ether oxygens (including phenoxy) is 2. The van der Waals surface area contributed by atoms with E-state index in [2.05, 4.69) is 4.99 Å². The summed E-state index contributed by atoms with van der Waals surface area (Å²) in [4.78, 5) is 28.6. The van der Waals surface area contributed by atoms with Crippen molar-refractivity contribution in [3.05, 3.63) is 46.1 Å². The molecule has 1 aromatic carbocycles. The van der Waals surface area contributed by atoms with Crippen LogP contribution in [0.1, 0.15) is 39.2 Å². The molecule has 0 radical (unpaired) electrons. The summed E-state index contributed by atoms with van der Waals surface area (Å²) >= 11 is 1.07. The highest BCUT2D eigenvalue weighted by Crippen LogP contribution is 2.40. The molecule has 1 amide bonds. The molecule has 0 saturated carbocycles. The van der Waals surface area contributed by atoms with Crippen molar-refractivity contribution >= 4 is 34.8 Å². The van der Waals surface area contributed by atoms with E-state index in [0.717, 1.165) is 17.3 Å². The van der Waals surface area contributed by atoms with Crippen LogP contribution in [0.4, 0.5) is 0 Å². The third-order valence-electron chi connectivity index (χ3n) is 3.57. The Labute approximate surface area is 163 Å². The fourth-order valence-corrected chi connectivity index (χ4v) is 3.43. The van der Waals surface area contributed by atoms with Crippen LogP contribution in [0.5, 0.6) is 5.75 Å². The van der Waals surface area contributed by atoms with Crippen molar-refractivity contribution in [1.82, 2.24) is 0 Å². The molecule has 0 aliphatic carbocycles. The summed E-state index contributed by atoms with van der Waals surface area (Å²) in [6.45, 7) is 6.08. The van der Waals surface area contributed by atoms with Gasteiger partial charge in [-0.25, -0.2) is 9.79 Å². The summed E-state index contributed by atoms with van der Waals surface area (Å²) in [7, 11) is 0. The van der Waals surface area contributed by atoms with Gasteiger partial charge in [-0.05, 0) is 32.4 Å². The number of hydrogen-bond donors (Lipinski definition) is 1. The van der Waals surface area contributed by atoms with Crippen molar-refractivity contribution in [2.45, 2.75) is 33.6 Å². The van der Waals surface area contributed by atoms with Gasteiger partial charge in [0.1, 0.15) is 22.1 Å². The van der Waals surface area contributed by atoms with Gasteiger partial charge in [-0.3, -0.25) is 4.79 Å². The standard InChI is InChI=1S/C20H23NO5S/c1-4-9-16(22)21-19-17(20(24)26-6-3)18(23)15(27-19)12-13-10-7-8-11-14(13)25-5-2/h7-8,10-12,23H,4-6,9H2,1-3H3/b15-12-,21-19?. The number of nitrogens with zero attached hydrogens (tertiary/aromatic N) is 1. The maximum atomic E-state index is 12.3. The van der Waals surface area contributed by atoms with Crippen LogP contribution in [0.3, 0.4) is 0 Å². The zero-order valence-corrected chi connectivity index (χ0v) is 16.5. The first kappa shape index (κ1) is 20.8. The lowest BCUT2D eigenvalue weighted by atomic mass is 10.1. The number of benzene rings is 1. The van der Waals surface area contributed by atoms with Gasteiger partial charge in [-0.1, -0.05) is 36.9 Å². The Bertz CT molecular complexity index is 810. The van der Waals surface area contributed by atoms with Crippen LogP contribution in [0.2, 0.25) is 0 Å². The molecule has 0 bridgehead atoms. The molecule has 0 saturated heterocycles. The van der Waals surface area contributed by atoms with E-state index in [1.165, 1.54) is 0 Å². The van der Waals surface area contributed by atoms with Crippen LogP contribution in [-0.2, 0) is 14.3 Å². The maximum Gasteiger partial charge on any atom is 0.344 e. The van der Waals surface area contributed by atoms with Crippen LogP contribution in [0.25, 0.3) is 6.08 Å². The van der Waals surface area contributed by atoms with Gasteiger partial charge in [0.15, 0.2) is 0 Å². The number of esters is 1. The molecule has 0 unspecified atom stereocenters. The van der Waals surface area contributed by atoms with Crippen molar-refractivity contribution in [3.63, 3.8) is 0 Å². The van der Waals surface area contributed by atoms with Gasteiger partial charge in [0.2, 0.25) is 5.91 Å². The highest BCUT2D eigenvalue weighted by Gasteiger charge is 2.33. The molecule has 0 fully saturated rings. The number of thioether (sulfide) groups is 1. The first-order valence-corrected chi connectivity index (χ1v) is 9.67. The molecule has 1 aliphatic rings. The average Bonchev–Trinajstić information content (AvgIpc) is 2.92. The Hall–Kier alpha value is -2.54. The van der Waals surface area contributed by atoms with Gasteiger partial charge in [0.05, 0.1) is 18.1 Å². The molecule has 6 nitrogen and oxygen atoms in total. The fraction of sp³-hybridized carbons (Fsp3) is 0.350. The number of para-hydroxylation sites is 1. The van der Waals surface area contributed by atoms with Gasteiger partial charge in [0.25, 0.3) is 0 Å². The maximum absolute atomic E-state index is 12.3. The molecule has 7 heteroatoms. The van der Waals surface area contributed by atoms with Crippen LogP contribution in [-0.4, -0.2) is 35.2 Å². The monoisotopic (exact) mass is 389 g/mol. The first-order valence-electron chi connectivity index (χ1n) is 8.85.